The monoisotopic (exact) mass is 266 g/mol. The minimum absolute atomic E-state index is 0.736. The van der Waals surface area contributed by atoms with E-state index in [0.29, 0.717) is 0 Å². The molecule has 2 heteroatoms. The molecule has 0 amide bonds. The zero-order chi connectivity index (χ0) is 14.5. The number of anilines is 1. The van der Waals surface area contributed by atoms with E-state index in [4.69, 9.17) is 0 Å². The Morgan fingerprint density at radius 2 is 1.35 bits per heavy atom. The van der Waals surface area contributed by atoms with Crippen LogP contribution in [0.4, 0.5) is 11.4 Å². The Kier molecular flexibility index (Phi) is 4.57. The molecule has 0 aliphatic rings. The number of aryl methyl sites for hydroxylation is 4. The molecule has 0 aliphatic carbocycles. The molecule has 2 aromatic carbocycles. The highest BCUT2D eigenvalue weighted by Gasteiger charge is 2.00. The summed E-state index contributed by atoms with van der Waals surface area (Å²) in [5.74, 6) is 0. The molecule has 0 aromatic heterocycles. The van der Waals surface area contributed by atoms with Crippen molar-refractivity contribution in [1.82, 2.24) is 0 Å². The quantitative estimate of drug-likeness (QED) is 0.794. The predicted octanol–water partition coefficient (Wildman–Crippen LogP) is 4.73. The number of nitrogens with zero attached hydrogens (tertiary/aromatic N) is 1. The summed E-state index contributed by atoms with van der Waals surface area (Å²) in [6.07, 6.45) is 1.95. The average molecular weight is 266 g/mol. The molecule has 0 atom stereocenters. The number of nitrogens with one attached hydrogen (secondary N) is 1. The van der Waals surface area contributed by atoms with E-state index in [1.165, 1.54) is 27.9 Å². The first-order valence-corrected chi connectivity index (χ1v) is 6.98. The molecule has 104 valence electrons. The molecule has 2 rings (SSSR count). The maximum absolute atomic E-state index is 4.59. The molecule has 2 nitrogen and oxygen atoms in total. The van der Waals surface area contributed by atoms with Gasteiger partial charge in [-0.3, -0.25) is 4.99 Å². The number of rotatable bonds is 4. The number of aliphatic imine (C=N–C) groups is 1. The number of para-hydroxylation sites is 2. The highest BCUT2D eigenvalue weighted by Crippen LogP contribution is 2.22. The molecule has 0 saturated heterocycles. The summed E-state index contributed by atoms with van der Waals surface area (Å²) in [5.41, 5.74) is 7.26. The van der Waals surface area contributed by atoms with E-state index in [1.807, 2.05) is 6.21 Å². The van der Waals surface area contributed by atoms with Gasteiger partial charge < -0.3 is 5.32 Å². The minimum Gasteiger partial charge on any atom is -0.380 e. The first-order valence-electron chi connectivity index (χ1n) is 6.98. The van der Waals surface area contributed by atoms with Crippen LogP contribution in [0, 0.1) is 27.7 Å². The molecule has 0 bridgehead atoms. The first-order chi connectivity index (χ1) is 9.59. The number of hydrogen-bond donors (Lipinski definition) is 1. The molecule has 0 saturated carbocycles. The van der Waals surface area contributed by atoms with Gasteiger partial charge in [0.2, 0.25) is 0 Å². The largest absolute Gasteiger partial charge is 0.380 e. The second-order valence-electron chi connectivity index (χ2n) is 5.20. The molecule has 2 aromatic rings. The van der Waals surface area contributed by atoms with Gasteiger partial charge in [0.05, 0.1) is 12.2 Å². The molecule has 1 N–H and O–H groups in total. The van der Waals surface area contributed by atoms with Gasteiger partial charge in [-0.15, -0.1) is 0 Å². The van der Waals surface area contributed by atoms with Crippen molar-refractivity contribution in [1.29, 1.82) is 0 Å². The number of hydrogen-bond acceptors (Lipinski definition) is 2. The Labute approximate surface area is 121 Å². The van der Waals surface area contributed by atoms with Gasteiger partial charge in [-0.05, 0) is 49.9 Å². The van der Waals surface area contributed by atoms with Crippen molar-refractivity contribution in [3.8, 4) is 0 Å². The lowest BCUT2D eigenvalue weighted by atomic mass is 10.1. The summed E-state index contributed by atoms with van der Waals surface area (Å²) in [7, 11) is 0. The molecular formula is C18H22N2. The molecular weight excluding hydrogens is 244 g/mol. The Bertz CT molecular complexity index is 587. The molecule has 0 aliphatic heterocycles. The minimum atomic E-state index is 0.736. The van der Waals surface area contributed by atoms with E-state index in [0.717, 1.165) is 12.2 Å². The van der Waals surface area contributed by atoms with Crippen molar-refractivity contribution >= 4 is 17.6 Å². The van der Waals surface area contributed by atoms with Crippen LogP contribution in [0.5, 0.6) is 0 Å². The van der Waals surface area contributed by atoms with Crippen molar-refractivity contribution in [3.63, 3.8) is 0 Å². The second kappa shape index (κ2) is 6.38. The molecule has 0 unspecified atom stereocenters. The zero-order valence-electron chi connectivity index (χ0n) is 12.7. The summed E-state index contributed by atoms with van der Waals surface area (Å²) >= 11 is 0. The third-order valence-electron chi connectivity index (χ3n) is 3.51. The fraction of sp³-hybridized carbons (Fsp3) is 0.278. The summed E-state index contributed by atoms with van der Waals surface area (Å²) in [5, 5.41) is 3.44. The zero-order valence-corrected chi connectivity index (χ0v) is 12.7. The van der Waals surface area contributed by atoms with Crippen LogP contribution in [-0.4, -0.2) is 12.8 Å². The van der Waals surface area contributed by atoms with E-state index in [-0.39, 0.29) is 0 Å². The summed E-state index contributed by atoms with van der Waals surface area (Å²) in [4.78, 5) is 4.59. The average Bonchev–Trinajstić information content (AvgIpc) is 2.40. The van der Waals surface area contributed by atoms with Gasteiger partial charge in [0.15, 0.2) is 0 Å². The van der Waals surface area contributed by atoms with Crippen molar-refractivity contribution < 1.29 is 0 Å². The predicted molar refractivity (Wildman–Crippen MR) is 88.5 cm³/mol. The van der Waals surface area contributed by atoms with Gasteiger partial charge in [0.1, 0.15) is 0 Å². The van der Waals surface area contributed by atoms with Gasteiger partial charge in [-0.2, -0.15) is 0 Å². The Hall–Kier alpha value is -2.09. The lowest BCUT2D eigenvalue weighted by Gasteiger charge is -2.10. The molecule has 20 heavy (non-hydrogen) atoms. The summed E-state index contributed by atoms with van der Waals surface area (Å²) < 4.78 is 0. The van der Waals surface area contributed by atoms with Crippen LogP contribution in [0.2, 0.25) is 0 Å². The van der Waals surface area contributed by atoms with Crippen LogP contribution in [0.3, 0.4) is 0 Å². The van der Waals surface area contributed by atoms with Crippen LogP contribution in [0.25, 0.3) is 0 Å². The Morgan fingerprint density at radius 1 is 0.850 bits per heavy atom. The van der Waals surface area contributed by atoms with Crippen LogP contribution < -0.4 is 5.32 Å². The number of benzene rings is 2. The lowest BCUT2D eigenvalue weighted by Crippen LogP contribution is -2.05. The highest BCUT2D eigenvalue weighted by atomic mass is 14.9. The van der Waals surface area contributed by atoms with E-state index < -0.39 is 0 Å². The van der Waals surface area contributed by atoms with Crippen molar-refractivity contribution in [2.75, 3.05) is 11.9 Å². The maximum atomic E-state index is 4.59. The standard InChI is InChI=1S/C18H22N2/c1-13-7-5-8-14(2)17(13)19-11-12-20-18-15(3)9-6-10-16(18)4/h5-11,20H,12H2,1-4H3. The third kappa shape index (κ3) is 3.27. The summed E-state index contributed by atoms with van der Waals surface area (Å²) in [6, 6.07) is 12.6. The summed E-state index contributed by atoms with van der Waals surface area (Å²) in [6.45, 7) is 9.17. The maximum Gasteiger partial charge on any atom is 0.0684 e. The highest BCUT2D eigenvalue weighted by molar-refractivity contribution is 5.72. The molecule has 0 radical (unpaired) electrons. The molecule has 0 fully saturated rings. The molecule has 0 spiro atoms. The van der Waals surface area contributed by atoms with Crippen molar-refractivity contribution in [2.24, 2.45) is 4.99 Å². The molecule has 0 heterocycles. The van der Waals surface area contributed by atoms with Gasteiger partial charge in [-0.1, -0.05) is 36.4 Å². The van der Waals surface area contributed by atoms with Crippen LogP contribution in [0.15, 0.2) is 41.4 Å². The first kappa shape index (κ1) is 14.3. The smallest absolute Gasteiger partial charge is 0.0684 e. The normalized spacial score (nSPS) is 11.0. The van der Waals surface area contributed by atoms with Gasteiger partial charge in [0, 0.05) is 11.9 Å². The van der Waals surface area contributed by atoms with Crippen molar-refractivity contribution in [3.05, 3.63) is 58.7 Å². The van der Waals surface area contributed by atoms with E-state index in [2.05, 4.69) is 74.4 Å². The fourth-order valence-corrected chi connectivity index (χ4v) is 2.39. The second-order valence-corrected chi connectivity index (χ2v) is 5.20. The van der Waals surface area contributed by atoms with Gasteiger partial charge in [-0.25, -0.2) is 0 Å². The lowest BCUT2D eigenvalue weighted by molar-refractivity contribution is 1.29. The SMILES string of the molecule is Cc1cccc(C)c1N=CCNc1c(C)cccc1C. The van der Waals surface area contributed by atoms with Crippen LogP contribution in [-0.2, 0) is 0 Å². The van der Waals surface area contributed by atoms with Gasteiger partial charge in [0.25, 0.3) is 0 Å². The van der Waals surface area contributed by atoms with Crippen LogP contribution >= 0.6 is 0 Å². The van der Waals surface area contributed by atoms with Crippen molar-refractivity contribution in [2.45, 2.75) is 27.7 Å². The van der Waals surface area contributed by atoms with Crippen LogP contribution in [0.1, 0.15) is 22.3 Å². The Balaban J connectivity index is 2.05. The fourth-order valence-electron chi connectivity index (χ4n) is 2.39. The van der Waals surface area contributed by atoms with E-state index in [1.54, 1.807) is 0 Å². The topological polar surface area (TPSA) is 24.4 Å². The Morgan fingerprint density at radius 3 is 1.90 bits per heavy atom. The third-order valence-corrected chi connectivity index (χ3v) is 3.51. The van der Waals surface area contributed by atoms with E-state index >= 15 is 0 Å². The van der Waals surface area contributed by atoms with E-state index in [9.17, 15) is 0 Å². The van der Waals surface area contributed by atoms with Gasteiger partial charge >= 0.3 is 0 Å².